The molecule has 2 aliphatic heterocycles. The van der Waals surface area contributed by atoms with Crippen LogP contribution in [0.3, 0.4) is 0 Å². The summed E-state index contributed by atoms with van der Waals surface area (Å²) in [6.07, 6.45) is -4.35. The summed E-state index contributed by atoms with van der Waals surface area (Å²) in [6, 6.07) is 8.32. The summed E-state index contributed by atoms with van der Waals surface area (Å²) < 4.78 is 30.0. The molecule has 226 valence electrons. The van der Waals surface area contributed by atoms with Gasteiger partial charge in [-0.25, -0.2) is 9.59 Å². The average Bonchev–Trinajstić information content (AvgIpc) is 3.20. The lowest BCUT2D eigenvalue weighted by molar-refractivity contribution is -0.380. The summed E-state index contributed by atoms with van der Waals surface area (Å²) in [7, 11) is 0. The predicted molar refractivity (Wildman–Crippen MR) is 143 cm³/mol. The average molecular weight is 585 g/mol. The first-order chi connectivity index (χ1) is 19.6. The molecule has 5 aliphatic rings. The van der Waals surface area contributed by atoms with Crippen molar-refractivity contribution < 1.29 is 53.1 Å². The predicted octanol–water partition coefficient (Wildman–Crippen LogP) is 2.02. The standard InChI is InChI=1S/C31H36O11/c1-15-19(39-16(2)32)13-29-22(15)31(37,26(36)42-27(29,4)5)28(6)20(34)12-21-30(14-38-21,41-17(3)33)23(28)24(29)40-25(35)18-10-8-7-9-11-18/h7-11,19-21,23-24,34,37H,12-14H2,1-6H3/t19-,20-,21+,23?,24-,28+,29+,30-,31-/m0/s1. The zero-order valence-corrected chi connectivity index (χ0v) is 24.5. The lowest BCUT2D eigenvalue weighted by Gasteiger charge is -2.73. The maximum atomic E-state index is 14.1. The minimum Gasteiger partial charge on any atom is -0.458 e. The molecule has 2 bridgehead atoms. The Labute approximate surface area is 243 Å². The van der Waals surface area contributed by atoms with Crippen LogP contribution in [-0.4, -0.2) is 81.9 Å². The number of esters is 4. The fourth-order valence-corrected chi connectivity index (χ4v) is 8.89. The van der Waals surface area contributed by atoms with Gasteiger partial charge in [0.15, 0.2) is 11.2 Å². The monoisotopic (exact) mass is 584 g/mol. The number of ether oxygens (including phenoxy) is 5. The fourth-order valence-electron chi connectivity index (χ4n) is 8.89. The SMILES string of the molecule is CC(=O)O[C@H]1C[C@]23C(=C1C)[C@](O)(C(=O)OC2(C)C)[C@@]1(C)C([C@@H]3OC(=O)c2ccccc2)[C@]2(OC(C)=O)CO[C@@H]2C[C@@H]1O. The highest BCUT2D eigenvalue weighted by Gasteiger charge is 2.88. The van der Waals surface area contributed by atoms with Crippen molar-refractivity contribution in [1.82, 2.24) is 0 Å². The van der Waals surface area contributed by atoms with E-state index in [4.69, 9.17) is 23.7 Å². The minimum absolute atomic E-state index is 0.00736. The number of fused-ring (bicyclic) bond motifs is 4. The molecule has 0 amide bonds. The molecule has 11 nitrogen and oxygen atoms in total. The van der Waals surface area contributed by atoms with Gasteiger partial charge < -0.3 is 33.9 Å². The number of rotatable bonds is 4. The van der Waals surface area contributed by atoms with E-state index in [9.17, 15) is 29.4 Å². The number of hydrogen-bond donors (Lipinski definition) is 2. The Bertz CT molecular complexity index is 1420. The Hall–Kier alpha value is -3.28. The second-order valence-electron chi connectivity index (χ2n) is 13.0. The minimum atomic E-state index is -2.45. The van der Waals surface area contributed by atoms with Crippen molar-refractivity contribution >= 4 is 23.9 Å². The van der Waals surface area contributed by atoms with Gasteiger partial charge in [-0.1, -0.05) is 25.1 Å². The van der Waals surface area contributed by atoms with E-state index in [1.165, 1.54) is 20.8 Å². The molecule has 1 aromatic carbocycles. The molecule has 2 saturated heterocycles. The van der Waals surface area contributed by atoms with Gasteiger partial charge >= 0.3 is 23.9 Å². The first kappa shape index (κ1) is 28.8. The van der Waals surface area contributed by atoms with Crippen molar-refractivity contribution in [2.45, 2.75) is 95.6 Å². The number of aliphatic hydroxyl groups excluding tert-OH is 1. The summed E-state index contributed by atoms with van der Waals surface area (Å²) in [5.74, 6) is -4.02. The molecule has 2 heterocycles. The third-order valence-electron chi connectivity index (χ3n) is 10.7. The van der Waals surface area contributed by atoms with Crippen LogP contribution < -0.4 is 0 Å². The molecule has 2 saturated carbocycles. The van der Waals surface area contributed by atoms with Crippen molar-refractivity contribution in [3.05, 3.63) is 47.0 Å². The van der Waals surface area contributed by atoms with Gasteiger partial charge in [-0.3, -0.25) is 9.59 Å². The molecule has 0 aromatic heterocycles. The maximum Gasteiger partial charge on any atom is 0.343 e. The van der Waals surface area contributed by atoms with Gasteiger partial charge in [0.2, 0.25) is 0 Å². The van der Waals surface area contributed by atoms with E-state index in [0.717, 1.165) is 0 Å². The molecular weight excluding hydrogens is 548 g/mol. The zero-order valence-electron chi connectivity index (χ0n) is 24.5. The lowest BCUT2D eigenvalue weighted by atomic mass is 9.37. The van der Waals surface area contributed by atoms with E-state index >= 15 is 0 Å². The number of carbonyl (C=O) groups excluding carboxylic acids is 4. The molecule has 2 N–H and O–H groups in total. The van der Waals surface area contributed by atoms with Gasteiger partial charge in [-0.05, 0) is 44.1 Å². The van der Waals surface area contributed by atoms with Crippen LogP contribution in [0.5, 0.6) is 0 Å². The van der Waals surface area contributed by atoms with E-state index in [1.54, 1.807) is 51.1 Å². The van der Waals surface area contributed by atoms with Crippen molar-refractivity contribution in [2.24, 2.45) is 16.7 Å². The molecule has 4 fully saturated rings. The number of hydrogen-bond acceptors (Lipinski definition) is 11. The highest BCUT2D eigenvalue weighted by molar-refractivity contribution is 5.91. The Kier molecular flexibility index (Phi) is 6.09. The Morgan fingerprint density at radius 2 is 1.69 bits per heavy atom. The van der Waals surface area contributed by atoms with E-state index in [-0.39, 0.29) is 30.6 Å². The molecule has 3 aliphatic carbocycles. The highest BCUT2D eigenvalue weighted by atomic mass is 16.6. The summed E-state index contributed by atoms with van der Waals surface area (Å²) in [6.45, 7) is 8.92. The summed E-state index contributed by atoms with van der Waals surface area (Å²) in [4.78, 5) is 52.8. The van der Waals surface area contributed by atoms with Gasteiger partial charge in [0, 0.05) is 32.1 Å². The highest BCUT2D eigenvalue weighted by Crippen LogP contribution is 2.75. The normalized spacial score (nSPS) is 42.7. The van der Waals surface area contributed by atoms with Crippen molar-refractivity contribution in [1.29, 1.82) is 0 Å². The van der Waals surface area contributed by atoms with Gasteiger partial charge in [0.05, 0.1) is 29.6 Å². The maximum absolute atomic E-state index is 14.1. The Morgan fingerprint density at radius 3 is 2.26 bits per heavy atom. The van der Waals surface area contributed by atoms with Crippen molar-refractivity contribution in [3.8, 4) is 0 Å². The third kappa shape index (κ3) is 3.27. The van der Waals surface area contributed by atoms with Crippen LogP contribution in [0.1, 0.15) is 64.7 Å². The topological polar surface area (TPSA) is 155 Å². The first-order valence-electron chi connectivity index (χ1n) is 14.2. The third-order valence-corrected chi connectivity index (χ3v) is 10.7. The van der Waals surface area contributed by atoms with E-state index in [1.807, 2.05) is 0 Å². The van der Waals surface area contributed by atoms with E-state index in [2.05, 4.69) is 0 Å². The molecule has 11 heteroatoms. The molecule has 9 atom stereocenters. The van der Waals surface area contributed by atoms with Crippen LogP contribution >= 0.6 is 0 Å². The van der Waals surface area contributed by atoms with Gasteiger partial charge in [-0.15, -0.1) is 0 Å². The Balaban J connectivity index is 1.68. The van der Waals surface area contributed by atoms with Crippen LogP contribution in [0.4, 0.5) is 0 Å². The van der Waals surface area contributed by atoms with E-state index < -0.39 is 81.8 Å². The summed E-state index contributed by atoms with van der Waals surface area (Å²) in [5.41, 5.74) is -7.68. The van der Waals surface area contributed by atoms with Crippen LogP contribution in [-0.2, 0) is 38.1 Å². The van der Waals surface area contributed by atoms with E-state index in [0.29, 0.717) is 5.57 Å². The summed E-state index contributed by atoms with van der Waals surface area (Å²) in [5, 5.41) is 24.6. The zero-order chi connectivity index (χ0) is 30.6. The second-order valence-corrected chi connectivity index (χ2v) is 13.0. The van der Waals surface area contributed by atoms with Crippen LogP contribution in [0.25, 0.3) is 0 Å². The van der Waals surface area contributed by atoms with Gasteiger partial charge in [0.25, 0.3) is 0 Å². The number of aliphatic hydroxyl groups is 2. The largest absolute Gasteiger partial charge is 0.458 e. The van der Waals surface area contributed by atoms with Crippen LogP contribution in [0.2, 0.25) is 0 Å². The molecule has 1 aromatic rings. The first-order valence-corrected chi connectivity index (χ1v) is 14.2. The number of cyclic esters (lactones) is 1. The van der Waals surface area contributed by atoms with Gasteiger partial charge in [0.1, 0.15) is 23.9 Å². The van der Waals surface area contributed by atoms with Gasteiger partial charge in [-0.2, -0.15) is 0 Å². The Morgan fingerprint density at radius 1 is 1.02 bits per heavy atom. The molecule has 42 heavy (non-hydrogen) atoms. The quantitative estimate of drug-likeness (QED) is 0.303. The second kappa shape index (κ2) is 8.87. The fraction of sp³-hybridized carbons (Fsp3) is 0.613. The van der Waals surface area contributed by atoms with Crippen LogP contribution in [0.15, 0.2) is 41.5 Å². The van der Waals surface area contributed by atoms with Crippen molar-refractivity contribution in [2.75, 3.05) is 6.61 Å². The number of carbonyl (C=O) groups is 4. The molecule has 0 spiro atoms. The summed E-state index contributed by atoms with van der Waals surface area (Å²) >= 11 is 0. The number of benzene rings is 1. The molecule has 0 radical (unpaired) electrons. The smallest absolute Gasteiger partial charge is 0.343 e. The molecule has 6 rings (SSSR count). The van der Waals surface area contributed by atoms with Crippen molar-refractivity contribution in [3.63, 3.8) is 0 Å². The molecular formula is C31H36O11. The van der Waals surface area contributed by atoms with Crippen LogP contribution in [0, 0.1) is 16.7 Å². The molecule has 1 unspecified atom stereocenters. The lowest BCUT2D eigenvalue weighted by Crippen LogP contribution is -2.87.